The number of aromatic nitrogens is 2. The summed E-state index contributed by atoms with van der Waals surface area (Å²) in [7, 11) is 0. The van der Waals surface area contributed by atoms with Crippen LogP contribution in [0.1, 0.15) is 11.1 Å². The van der Waals surface area contributed by atoms with Gasteiger partial charge in [-0.3, -0.25) is 13.9 Å². The number of nitrogens with zero attached hydrogens (tertiary/aromatic N) is 2. The lowest BCUT2D eigenvalue weighted by atomic mass is 10.2. The Morgan fingerprint density at radius 2 is 1.41 bits per heavy atom. The first-order valence-corrected chi connectivity index (χ1v) is 10.4. The lowest BCUT2D eigenvalue weighted by molar-refractivity contribution is 0.635. The van der Waals surface area contributed by atoms with Crippen LogP contribution in [0.25, 0.3) is 10.9 Å². The molecule has 0 saturated heterocycles. The van der Waals surface area contributed by atoms with Crippen molar-refractivity contribution < 1.29 is 0 Å². The Bertz CT molecular complexity index is 1310. The van der Waals surface area contributed by atoms with E-state index in [9.17, 15) is 9.59 Å². The summed E-state index contributed by atoms with van der Waals surface area (Å²) >= 11 is 15.9. The molecule has 0 aliphatic rings. The van der Waals surface area contributed by atoms with Crippen molar-refractivity contribution in [2.45, 2.75) is 13.1 Å². The van der Waals surface area contributed by atoms with Crippen molar-refractivity contribution in [3.05, 3.63) is 113 Å². The van der Waals surface area contributed by atoms with Crippen molar-refractivity contribution in [1.29, 1.82) is 0 Å². The second-order valence-electron chi connectivity index (χ2n) is 6.65. The summed E-state index contributed by atoms with van der Waals surface area (Å²) in [5, 5.41) is 0.876. The fourth-order valence-electron chi connectivity index (χ4n) is 3.29. The molecule has 4 aromatic rings. The van der Waals surface area contributed by atoms with Crippen molar-refractivity contribution in [2.75, 3.05) is 0 Å². The Hall–Kier alpha value is -2.34. The number of halogens is 3. The van der Waals surface area contributed by atoms with Crippen LogP contribution in [0.4, 0.5) is 0 Å². The molecule has 4 rings (SSSR count). The molecule has 4 nitrogen and oxygen atoms in total. The van der Waals surface area contributed by atoms with Crippen molar-refractivity contribution >= 4 is 50.0 Å². The molecule has 0 bridgehead atoms. The van der Waals surface area contributed by atoms with Gasteiger partial charge in [0, 0.05) is 9.50 Å². The molecule has 0 amide bonds. The SMILES string of the molecule is O=c1c2c(Cl)cc(Cl)cc2n(Cc2ccccc2)c(=O)n1Cc1ccc(Br)cc1. The smallest absolute Gasteiger partial charge is 0.289 e. The van der Waals surface area contributed by atoms with E-state index in [1.165, 1.54) is 10.6 Å². The number of rotatable bonds is 4. The van der Waals surface area contributed by atoms with Gasteiger partial charge >= 0.3 is 5.69 Å². The highest BCUT2D eigenvalue weighted by molar-refractivity contribution is 9.10. The number of fused-ring (bicyclic) bond motifs is 1. The summed E-state index contributed by atoms with van der Waals surface area (Å²) in [6.07, 6.45) is 0. The number of hydrogen-bond donors (Lipinski definition) is 0. The summed E-state index contributed by atoms with van der Waals surface area (Å²) in [5.41, 5.74) is 1.35. The van der Waals surface area contributed by atoms with E-state index in [1.807, 2.05) is 54.6 Å². The van der Waals surface area contributed by atoms with Gasteiger partial charge in [-0.1, -0.05) is 81.6 Å². The predicted octanol–water partition coefficient (Wildman–Crippen LogP) is 5.33. The van der Waals surface area contributed by atoms with Crippen LogP contribution in [0.5, 0.6) is 0 Å². The minimum atomic E-state index is -0.432. The molecule has 146 valence electrons. The fourth-order valence-corrected chi connectivity index (χ4v) is 4.11. The van der Waals surface area contributed by atoms with E-state index in [0.29, 0.717) is 17.1 Å². The largest absolute Gasteiger partial charge is 0.332 e. The normalized spacial score (nSPS) is 11.1. The summed E-state index contributed by atoms with van der Waals surface area (Å²) in [4.78, 5) is 26.5. The first-order valence-electron chi connectivity index (χ1n) is 8.85. The second kappa shape index (κ2) is 8.19. The third-order valence-corrected chi connectivity index (χ3v) is 5.73. The third kappa shape index (κ3) is 4.04. The minimum Gasteiger partial charge on any atom is -0.289 e. The van der Waals surface area contributed by atoms with Crippen LogP contribution < -0.4 is 11.2 Å². The maximum atomic E-state index is 13.3. The zero-order valence-electron chi connectivity index (χ0n) is 15.1. The van der Waals surface area contributed by atoms with Gasteiger partial charge in [0.2, 0.25) is 0 Å². The quantitative estimate of drug-likeness (QED) is 0.389. The summed E-state index contributed by atoms with van der Waals surface area (Å²) in [5.74, 6) is 0. The lowest BCUT2D eigenvalue weighted by Gasteiger charge is -2.15. The van der Waals surface area contributed by atoms with Gasteiger partial charge < -0.3 is 0 Å². The van der Waals surface area contributed by atoms with E-state index in [2.05, 4.69) is 15.9 Å². The van der Waals surface area contributed by atoms with Gasteiger partial charge in [-0.2, -0.15) is 0 Å². The van der Waals surface area contributed by atoms with Gasteiger partial charge in [0.1, 0.15) is 0 Å². The maximum absolute atomic E-state index is 13.3. The molecule has 0 saturated carbocycles. The van der Waals surface area contributed by atoms with E-state index in [4.69, 9.17) is 23.2 Å². The molecule has 0 fully saturated rings. The van der Waals surface area contributed by atoms with Crippen LogP contribution in [0.2, 0.25) is 10.0 Å². The van der Waals surface area contributed by atoms with E-state index in [-0.39, 0.29) is 17.0 Å². The highest BCUT2D eigenvalue weighted by Gasteiger charge is 2.17. The molecule has 0 aliphatic heterocycles. The molecule has 0 spiro atoms. The Labute approximate surface area is 185 Å². The Morgan fingerprint density at radius 3 is 2.10 bits per heavy atom. The van der Waals surface area contributed by atoms with Crippen LogP contribution >= 0.6 is 39.1 Å². The summed E-state index contributed by atoms with van der Waals surface area (Å²) in [6.45, 7) is 0.447. The molecule has 0 N–H and O–H groups in total. The highest BCUT2D eigenvalue weighted by Crippen LogP contribution is 2.25. The van der Waals surface area contributed by atoms with Crippen LogP contribution in [0.15, 0.2) is 80.8 Å². The first kappa shape index (κ1) is 20.0. The summed E-state index contributed by atoms with van der Waals surface area (Å²) in [6, 6.07) is 20.2. The highest BCUT2D eigenvalue weighted by atomic mass is 79.9. The molecule has 3 aromatic carbocycles. The van der Waals surface area contributed by atoms with Gasteiger partial charge in [0.15, 0.2) is 0 Å². The molecular formula is C22H15BrCl2N2O2. The van der Waals surface area contributed by atoms with Crippen molar-refractivity contribution in [3.8, 4) is 0 Å². The van der Waals surface area contributed by atoms with E-state index in [1.54, 1.807) is 10.6 Å². The zero-order chi connectivity index (χ0) is 20.5. The minimum absolute atomic E-state index is 0.147. The van der Waals surface area contributed by atoms with Crippen molar-refractivity contribution in [3.63, 3.8) is 0 Å². The van der Waals surface area contributed by atoms with E-state index in [0.717, 1.165) is 15.6 Å². The molecule has 0 atom stereocenters. The van der Waals surface area contributed by atoms with Crippen LogP contribution in [-0.4, -0.2) is 9.13 Å². The Balaban J connectivity index is 1.97. The first-order chi connectivity index (χ1) is 13.9. The molecule has 0 unspecified atom stereocenters. The standard InChI is InChI=1S/C22H15BrCl2N2O2/c23-16-8-6-15(7-9-16)13-27-21(28)20-18(25)10-17(24)11-19(20)26(22(27)29)12-14-4-2-1-3-5-14/h1-11H,12-13H2. The molecule has 1 aromatic heterocycles. The van der Waals surface area contributed by atoms with Crippen LogP contribution in [0.3, 0.4) is 0 Å². The van der Waals surface area contributed by atoms with Gasteiger partial charge in [-0.25, -0.2) is 4.79 Å². The fraction of sp³-hybridized carbons (Fsp3) is 0.0909. The number of hydrogen-bond acceptors (Lipinski definition) is 2. The molecule has 1 heterocycles. The van der Waals surface area contributed by atoms with Gasteiger partial charge in [-0.05, 0) is 35.4 Å². The summed E-state index contributed by atoms with van der Waals surface area (Å²) < 4.78 is 3.68. The topological polar surface area (TPSA) is 44.0 Å². The third-order valence-electron chi connectivity index (χ3n) is 4.68. The molecule has 29 heavy (non-hydrogen) atoms. The van der Waals surface area contributed by atoms with Gasteiger partial charge in [0.05, 0.1) is 29.0 Å². The Kier molecular flexibility index (Phi) is 5.63. The second-order valence-corrected chi connectivity index (χ2v) is 8.41. The predicted molar refractivity (Wildman–Crippen MR) is 121 cm³/mol. The van der Waals surface area contributed by atoms with Crippen molar-refractivity contribution in [1.82, 2.24) is 9.13 Å². The molecular weight excluding hydrogens is 475 g/mol. The average molecular weight is 490 g/mol. The van der Waals surface area contributed by atoms with E-state index >= 15 is 0 Å². The van der Waals surface area contributed by atoms with Crippen molar-refractivity contribution in [2.24, 2.45) is 0 Å². The zero-order valence-corrected chi connectivity index (χ0v) is 18.2. The number of benzene rings is 3. The van der Waals surface area contributed by atoms with Gasteiger partial charge in [-0.15, -0.1) is 0 Å². The lowest BCUT2D eigenvalue weighted by Crippen LogP contribution is -2.40. The monoisotopic (exact) mass is 488 g/mol. The molecule has 0 aliphatic carbocycles. The maximum Gasteiger partial charge on any atom is 0.332 e. The van der Waals surface area contributed by atoms with Gasteiger partial charge in [0.25, 0.3) is 5.56 Å². The molecule has 7 heteroatoms. The van der Waals surface area contributed by atoms with Crippen LogP contribution in [0, 0.1) is 0 Å². The Morgan fingerprint density at radius 1 is 0.793 bits per heavy atom. The van der Waals surface area contributed by atoms with Crippen LogP contribution in [-0.2, 0) is 13.1 Å². The molecule has 0 radical (unpaired) electrons. The van der Waals surface area contributed by atoms with E-state index < -0.39 is 11.2 Å². The average Bonchev–Trinajstić information content (AvgIpc) is 2.70.